The van der Waals surface area contributed by atoms with Crippen LogP contribution in [0.2, 0.25) is 0 Å². The number of hydrogen-bond acceptors (Lipinski definition) is 0. The van der Waals surface area contributed by atoms with Gasteiger partial charge in [0.05, 0.1) is 0 Å². The van der Waals surface area contributed by atoms with E-state index in [2.05, 4.69) is 79.2 Å². The van der Waals surface area contributed by atoms with Crippen LogP contribution in [0.5, 0.6) is 0 Å². The molecule has 0 bridgehead atoms. The minimum absolute atomic E-state index is 0.268. The van der Waals surface area contributed by atoms with Crippen molar-refractivity contribution in [1.29, 1.82) is 0 Å². The van der Waals surface area contributed by atoms with Crippen LogP contribution < -0.4 is 0 Å². The maximum Gasteiger partial charge on any atom is 0.0452 e. The van der Waals surface area contributed by atoms with Gasteiger partial charge in [-0.05, 0) is 28.2 Å². The second-order valence-corrected chi connectivity index (χ2v) is 6.19. The Morgan fingerprint density at radius 3 is 2.41 bits per heavy atom. The fourth-order valence-electron chi connectivity index (χ4n) is 2.07. The van der Waals surface area contributed by atoms with Gasteiger partial charge in [0.1, 0.15) is 0 Å². The minimum atomic E-state index is 0.268. The molecule has 2 rings (SSSR count). The van der Waals surface area contributed by atoms with Crippen LogP contribution >= 0.6 is 15.9 Å². The maximum absolute atomic E-state index is 3.89. The highest BCUT2D eigenvalue weighted by Gasteiger charge is 2.27. The molecule has 0 spiro atoms. The Morgan fingerprint density at radius 2 is 1.71 bits per heavy atom. The Morgan fingerprint density at radius 1 is 1.06 bits per heavy atom. The lowest BCUT2D eigenvalue weighted by Gasteiger charge is -2.30. The van der Waals surface area contributed by atoms with E-state index in [9.17, 15) is 0 Å². The molecule has 0 aliphatic heterocycles. The Bertz CT molecular complexity index is 508. The van der Waals surface area contributed by atoms with Gasteiger partial charge in [-0.3, -0.25) is 0 Å². The molecular weight excluding hydrogens is 272 g/mol. The number of benzene rings is 2. The summed E-state index contributed by atoms with van der Waals surface area (Å²) >= 11 is 3.89. The molecule has 1 atom stereocenters. The molecule has 0 fully saturated rings. The minimum Gasteiger partial charge on any atom is -0.0833 e. The zero-order valence-corrected chi connectivity index (χ0v) is 12.3. The molecule has 0 nitrogen and oxygen atoms in total. The second-order valence-electron chi connectivity index (χ2n) is 5.27. The summed E-state index contributed by atoms with van der Waals surface area (Å²) in [7, 11) is 0. The molecule has 0 heterocycles. The van der Waals surface area contributed by atoms with Crippen molar-refractivity contribution in [3.63, 3.8) is 0 Å². The predicted octanol–water partition coefficient (Wildman–Crippen LogP) is 5.71. The Kier molecular flexibility index (Phi) is 3.58. The van der Waals surface area contributed by atoms with Gasteiger partial charge in [-0.15, -0.1) is 0 Å². The third-order valence-corrected chi connectivity index (χ3v) is 5.43. The van der Waals surface area contributed by atoms with Crippen molar-refractivity contribution in [2.75, 3.05) is 0 Å². The Balaban J connectivity index is 2.56. The smallest absolute Gasteiger partial charge is 0.0452 e. The lowest BCUT2D eigenvalue weighted by atomic mass is 9.82. The third kappa shape index (κ3) is 2.40. The molecule has 1 heteroatoms. The van der Waals surface area contributed by atoms with Gasteiger partial charge >= 0.3 is 0 Å². The maximum atomic E-state index is 3.89. The highest BCUT2D eigenvalue weighted by molar-refractivity contribution is 9.09. The normalized spacial score (nSPS) is 13.9. The van der Waals surface area contributed by atoms with Gasteiger partial charge in [0.15, 0.2) is 0 Å². The van der Waals surface area contributed by atoms with E-state index in [-0.39, 0.29) is 5.41 Å². The molecule has 0 aliphatic carbocycles. The van der Waals surface area contributed by atoms with E-state index in [1.54, 1.807) is 0 Å². The third-order valence-electron chi connectivity index (χ3n) is 3.69. The van der Waals surface area contributed by atoms with E-state index < -0.39 is 0 Å². The molecule has 1 unspecified atom stereocenters. The molecule has 2 aromatic carbocycles. The van der Waals surface area contributed by atoms with Crippen LogP contribution in [-0.2, 0) is 0 Å². The largest absolute Gasteiger partial charge is 0.0833 e. The summed E-state index contributed by atoms with van der Waals surface area (Å²) in [6, 6.07) is 15.2. The van der Waals surface area contributed by atoms with E-state index in [1.807, 2.05) is 0 Å². The lowest BCUT2D eigenvalue weighted by Crippen LogP contribution is -2.16. The SMILES string of the molecule is CCC(C)(C)C(Br)c1cccc2ccccc12. The van der Waals surface area contributed by atoms with E-state index in [0.717, 1.165) is 6.42 Å². The van der Waals surface area contributed by atoms with Crippen molar-refractivity contribution in [2.45, 2.75) is 32.0 Å². The first-order chi connectivity index (χ1) is 8.06. The predicted molar refractivity (Wildman–Crippen MR) is 79.7 cm³/mol. The molecule has 17 heavy (non-hydrogen) atoms. The molecular formula is C16H19Br. The fraction of sp³-hybridized carbons (Fsp3) is 0.375. The van der Waals surface area contributed by atoms with Crippen molar-refractivity contribution >= 4 is 26.7 Å². The van der Waals surface area contributed by atoms with Gasteiger partial charge in [-0.25, -0.2) is 0 Å². The van der Waals surface area contributed by atoms with Gasteiger partial charge in [0, 0.05) is 4.83 Å². The summed E-state index contributed by atoms with van der Waals surface area (Å²) in [4.78, 5) is 0.395. The van der Waals surface area contributed by atoms with Crippen LogP contribution in [0.4, 0.5) is 0 Å². The van der Waals surface area contributed by atoms with Crippen LogP contribution in [0.3, 0.4) is 0 Å². The van der Waals surface area contributed by atoms with Gasteiger partial charge in [-0.2, -0.15) is 0 Å². The van der Waals surface area contributed by atoms with Crippen LogP contribution in [0, 0.1) is 5.41 Å². The average Bonchev–Trinajstić information content (AvgIpc) is 2.37. The zero-order chi connectivity index (χ0) is 12.5. The summed E-state index contributed by atoms with van der Waals surface area (Å²) in [6.07, 6.45) is 1.16. The topological polar surface area (TPSA) is 0 Å². The van der Waals surface area contributed by atoms with Crippen molar-refractivity contribution < 1.29 is 0 Å². The Hall–Kier alpha value is -0.820. The van der Waals surface area contributed by atoms with Crippen molar-refractivity contribution in [3.05, 3.63) is 48.0 Å². The van der Waals surface area contributed by atoms with Gasteiger partial charge in [0.25, 0.3) is 0 Å². The number of halogens is 1. The van der Waals surface area contributed by atoms with Crippen LogP contribution in [0.25, 0.3) is 10.8 Å². The summed E-state index contributed by atoms with van der Waals surface area (Å²) in [5.74, 6) is 0. The summed E-state index contributed by atoms with van der Waals surface area (Å²) in [5.41, 5.74) is 1.67. The molecule has 0 radical (unpaired) electrons. The van der Waals surface area contributed by atoms with Crippen molar-refractivity contribution in [3.8, 4) is 0 Å². The Labute approximate surface area is 112 Å². The van der Waals surface area contributed by atoms with Crippen LogP contribution in [-0.4, -0.2) is 0 Å². The molecule has 0 aromatic heterocycles. The van der Waals surface area contributed by atoms with Gasteiger partial charge < -0.3 is 0 Å². The van der Waals surface area contributed by atoms with Gasteiger partial charge in [0.2, 0.25) is 0 Å². The number of alkyl halides is 1. The van der Waals surface area contributed by atoms with Gasteiger partial charge in [-0.1, -0.05) is 79.2 Å². The fourth-order valence-corrected chi connectivity index (χ4v) is 2.79. The first kappa shape index (κ1) is 12.6. The molecule has 0 amide bonds. The van der Waals surface area contributed by atoms with Crippen LogP contribution in [0.15, 0.2) is 42.5 Å². The first-order valence-corrected chi connectivity index (χ1v) is 7.09. The zero-order valence-electron chi connectivity index (χ0n) is 10.7. The number of rotatable bonds is 3. The van der Waals surface area contributed by atoms with E-state index in [4.69, 9.17) is 0 Å². The van der Waals surface area contributed by atoms with Crippen molar-refractivity contribution in [2.24, 2.45) is 5.41 Å². The molecule has 2 aromatic rings. The monoisotopic (exact) mass is 290 g/mol. The lowest BCUT2D eigenvalue weighted by molar-refractivity contribution is 0.347. The van der Waals surface area contributed by atoms with E-state index in [1.165, 1.54) is 16.3 Å². The van der Waals surface area contributed by atoms with E-state index >= 15 is 0 Å². The molecule has 0 saturated carbocycles. The standard InChI is InChI=1S/C16H19Br/c1-4-16(2,3)15(17)14-11-7-9-12-8-5-6-10-13(12)14/h5-11,15H,4H2,1-3H3. The summed E-state index contributed by atoms with van der Waals surface area (Å²) in [6.45, 7) is 6.88. The molecule has 0 aliphatic rings. The second kappa shape index (κ2) is 4.81. The first-order valence-electron chi connectivity index (χ1n) is 6.18. The molecule has 0 N–H and O–H groups in total. The van der Waals surface area contributed by atoms with Crippen LogP contribution in [0.1, 0.15) is 37.6 Å². The molecule has 90 valence electrons. The van der Waals surface area contributed by atoms with Crippen molar-refractivity contribution in [1.82, 2.24) is 0 Å². The number of hydrogen-bond donors (Lipinski definition) is 0. The summed E-state index contributed by atoms with van der Waals surface area (Å²) < 4.78 is 0. The number of fused-ring (bicyclic) bond motifs is 1. The highest BCUT2D eigenvalue weighted by atomic mass is 79.9. The molecule has 0 saturated heterocycles. The average molecular weight is 291 g/mol. The summed E-state index contributed by atoms with van der Waals surface area (Å²) in [5, 5.41) is 2.68. The quantitative estimate of drug-likeness (QED) is 0.635. The van der Waals surface area contributed by atoms with E-state index in [0.29, 0.717) is 4.83 Å². The highest BCUT2D eigenvalue weighted by Crippen LogP contribution is 2.44.